The van der Waals surface area contributed by atoms with E-state index in [0.717, 1.165) is 5.56 Å². The Morgan fingerprint density at radius 2 is 1.68 bits per heavy atom. The molecule has 0 aliphatic rings. The van der Waals surface area contributed by atoms with E-state index in [4.69, 9.17) is 14.6 Å². The van der Waals surface area contributed by atoms with Crippen molar-refractivity contribution >= 4 is 17.9 Å². The fourth-order valence-electron chi connectivity index (χ4n) is 2.56. The molecule has 0 spiro atoms. The molecule has 0 radical (unpaired) electrons. The van der Waals surface area contributed by atoms with E-state index in [9.17, 15) is 9.59 Å². The van der Waals surface area contributed by atoms with Gasteiger partial charge in [-0.05, 0) is 60.4 Å². The largest absolute Gasteiger partial charge is 0.497 e. The van der Waals surface area contributed by atoms with Crippen LogP contribution in [0.15, 0.2) is 54.2 Å². The van der Waals surface area contributed by atoms with Gasteiger partial charge in [0.15, 0.2) is 0 Å². The summed E-state index contributed by atoms with van der Waals surface area (Å²) in [6, 6.07) is 13.9. The first-order valence-corrected chi connectivity index (χ1v) is 10.2. The first-order valence-electron chi connectivity index (χ1n) is 10.2. The van der Waals surface area contributed by atoms with Crippen molar-refractivity contribution in [2.45, 2.75) is 20.3 Å². The predicted octanol–water partition coefficient (Wildman–Crippen LogP) is 3.00. The van der Waals surface area contributed by atoms with Crippen LogP contribution in [-0.4, -0.2) is 43.8 Å². The Morgan fingerprint density at radius 3 is 2.26 bits per heavy atom. The summed E-state index contributed by atoms with van der Waals surface area (Å²) in [7, 11) is 1.57. The number of methoxy groups -OCH3 is 1. The van der Waals surface area contributed by atoms with Gasteiger partial charge in [-0.1, -0.05) is 26.0 Å². The SMILES string of the molecule is COc1ccc(C=C(NC(=O)c2ccc(OCC(C)C)cc2)C(=O)NCCCO)cc1. The number of hydrogen-bond donors (Lipinski definition) is 3. The normalized spacial score (nSPS) is 11.2. The first-order chi connectivity index (χ1) is 14.9. The number of aliphatic hydroxyl groups excluding tert-OH is 1. The van der Waals surface area contributed by atoms with Gasteiger partial charge in [-0.2, -0.15) is 0 Å². The molecule has 0 heterocycles. The van der Waals surface area contributed by atoms with Crippen LogP contribution in [0.1, 0.15) is 36.2 Å². The first kappa shape index (κ1) is 24.0. The van der Waals surface area contributed by atoms with Crippen LogP contribution in [0.2, 0.25) is 0 Å². The zero-order valence-electron chi connectivity index (χ0n) is 18.2. The van der Waals surface area contributed by atoms with E-state index in [2.05, 4.69) is 24.5 Å². The summed E-state index contributed by atoms with van der Waals surface area (Å²) >= 11 is 0. The topological polar surface area (TPSA) is 96.9 Å². The van der Waals surface area contributed by atoms with Crippen molar-refractivity contribution in [2.24, 2.45) is 5.92 Å². The molecule has 0 saturated carbocycles. The van der Waals surface area contributed by atoms with Crippen LogP contribution in [0.4, 0.5) is 0 Å². The molecule has 2 amide bonds. The standard InChI is InChI=1S/C24H30N2O5/c1-17(2)16-31-21-11-7-19(8-12-21)23(28)26-22(24(29)25-13-4-14-27)15-18-5-9-20(30-3)10-6-18/h5-12,15,17,27H,4,13-14,16H2,1-3H3,(H,25,29)(H,26,28). The summed E-state index contributed by atoms with van der Waals surface area (Å²) in [4.78, 5) is 25.3. The van der Waals surface area contributed by atoms with Crippen molar-refractivity contribution in [3.63, 3.8) is 0 Å². The highest BCUT2D eigenvalue weighted by atomic mass is 16.5. The molecule has 2 rings (SSSR count). The van der Waals surface area contributed by atoms with Crippen LogP contribution in [0, 0.1) is 5.92 Å². The number of carbonyl (C=O) groups is 2. The number of aliphatic hydroxyl groups is 1. The second kappa shape index (κ2) is 12.4. The molecular formula is C24H30N2O5. The lowest BCUT2D eigenvalue weighted by Crippen LogP contribution is -2.35. The van der Waals surface area contributed by atoms with Crippen LogP contribution in [0.5, 0.6) is 11.5 Å². The van der Waals surface area contributed by atoms with E-state index >= 15 is 0 Å². The lowest BCUT2D eigenvalue weighted by molar-refractivity contribution is -0.117. The number of rotatable bonds is 11. The number of benzene rings is 2. The van der Waals surface area contributed by atoms with Crippen molar-refractivity contribution < 1.29 is 24.2 Å². The molecule has 0 aliphatic carbocycles. The third kappa shape index (κ3) is 8.14. The van der Waals surface area contributed by atoms with Gasteiger partial charge >= 0.3 is 0 Å². The minimum absolute atomic E-state index is 0.0323. The summed E-state index contributed by atoms with van der Waals surface area (Å²) in [6.07, 6.45) is 2.01. The Hall–Kier alpha value is -3.32. The summed E-state index contributed by atoms with van der Waals surface area (Å²) in [5.41, 5.74) is 1.24. The molecule has 0 aromatic heterocycles. The van der Waals surface area contributed by atoms with Gasteiger partial charge in [0.2, 0.25) is 0 Å². The van der Waals surface area contributed by atoms with Gasteiger partial charge < -0.3 is 25.2 Å². The monoisotopic (exact) mass is 426 g/mol. The number of hydrogen-bond acceptors (Lipinski definition) is 5. The van der Waals surface area contributed by atoms with Crippen molar-refractivity contribution in [3.8, 4) is 11.5 Å². The second-order valence-electron chi connectivity index (χ2n) is 7.35. The molecular weight excluding hydrogens is 396 g/mol. The molecule has 166 valence electrons. The average molecular weight is 427 g/mol. The highest BCUT2D eigenvalue weighted by molar-refractivity contribution is 6.05. The number of carbonyl (C=O) groups excluding carboxylic acids is 2. The number of amides is 2. The Kier molecular flexibility index (Phi) is 9.58. The highest BCUT2D eigenvalue weighted by Gasteiger charge is 2.15. The van der Waals surface area contributed by atoms with Crippen molar-refractivity contribution in [1.82, 2.24) is 10.6 Å². The van der Waals surface area contributed by atoms with Crippen molar-refractivity contribution in [2.75, 3.05) is 26.9 Å². The van der Waals surface area contributed by atoms with E-state index in [-0.39, 0.29) is 12.3 Å². The van der Waals surface area contributed by atoms with Gasteiger partial charge in [0.1, 0.15) is 17.2 Å². The van der Waals surface area contributed by atoms with Crippen LogP contribution >= 0.6 is 0 Å². The summed E-state index contributed by atoms with van der Waals surface area (Å²) < 4.78 is 10.8. The molecule has 0 aliphatic heterocycles. The lowest BCUT2D eigenvalue weighted by atomic mass is 10.1. The van der Waals surface area contributed by atoms with Gasteiger partial charge in [0.05, 0.1) is 13.7 Å². The molecule has 7 heteroatoms. The fourth-order valence-corrected chi connectivity index (χ4v) is 2.56. The minimum Gasteiger partial charge on any atom is -0.497 e. The van der Waals surface area contributed by atoms with Crippen LogP contribution in [0.3, 0.4) is 0 Å². The van der Waals surface area contributed by atoms with E-state index in [1.165, 1.54) is 0 Å². The van der Waals surface area contributed by atoms with Crippen LogP contribution < -0.4 is 20.1 Å². The van der Waals surface area contributed by atoms with Gasteiger partial charge in [-0.25, -0.2) is 0 Å². The molecule has 0 bridgehead atoms. The number of nitrogens with one attached hydrogen (secondary N) is 2. The number of ether oxygens (including phenoxy) is 2. The molecule has 0 unspecified atom stereocenters. The minimum atomic E-state index is -0.436. The molecule has 7 nitrogen and oxygen atoms in total. The quantitative estimate of drug-likeness (QED) is 0.379. The maximum atomic E-state index is 12.7. The van der Waals surface area contributed by atoms with Crippen LogP contribution in [-0.2, 0) is 4.79 Å². The smallest absolute Gasteiger partial charge is 0.267 e. The van der Waals surface area contributed by atoms with Gasteiger partial charge in [-0.3, -0.25) is 9.59 Å². The second-order valence-corrected chi connectivity index (χ2v) is 7.35. The summed E-state index contributed by atoms with van der Waals surface area (Å²) in [5, 5.41) is 14.3. The van der Waals surface area contributed by atoms with Crippen molar-refractivity contribution in [1.29, 1.82) is 0 Å². The van der Waals surface area contributed by atoms with Gasteiger partial charge in [0, 0.05) is 18.7 Å². The zero-order valence-corrected chi connectivity index (χ0v) is 18.2. The molecule has 3 N–H and O–H groups in total. The van der Waals surface area contributed by atoms with E-state index in [1.807, 2.05) is 0 Å². The van der Waals surface area contributed by atoms with Crippen LogP contribution in [0.25, 0.3) is 6.08 Å². The fraction of sp³-hybridized carbons (Fsp3) is 0.333. The Balaban J connectivity index is 2.15. The van der Waals surface area contributed by atoms with Gasteiger partial charge in [-0.15, -0.1) is 0 Å². The van der Waals surface area contributed by atoms with Gasteiger partial charge in [0.25, 0.3) is 11.8 Å². The summed E-state index contributed by atoms with van der Waals surface area (Å²) in [5.74, 6) is 0.927. The molecule has 0 fully saturated rings. The summed E-state index contributed by atoms with van der Waals surface area (Å²) in [6.45, 7) is 4.98. The molecule has 0 saturated heterocycles. The molecule has 0 atom stereocenters. The molecule has 2 aromatic carbocycles. The maximum Gasteiger partial charge on any atom is 0.267 e. The maximum absolute atomic E-state index is 12.7. The average Bonchev–Trinajstić information content (AvgIpc) is 2.78. The van der Waals surface area contributed by atoms with Crippen molar-refractivity contribution in [3.05, 3.63) is 65.4 Å². The molecule has 31 heavy (non-hydrogen) atoms. The zero-order chi connectivity index (χ0) is 22.6. The highest BCUT2D eigenvalue weighted by Crippen LogP contribution is 2.15. The van der Waals surface area contributed by atoms with E-state index in [0.29, 0.717) is 42.6 Å². The molecule has 2 aromatic rings. The third-order valence-corrected chi connectivity index (χ3v) is 4.24. The Morgan fingerprint density at radius 1 is 1.03 bits per heavy atom. The lowest BCUT2D eigenvalue weighted by Gasteiger charge is -2.12. The third-order valence-electron chi connectivity index (χ3n) is 4.24. The Bertz CT molecular complexity index is 874. The van der Waals surface area contributed by atoms with E-state index < -0.39 is 11.8 Å². The Labute approximate surface area is 183 Å². The van der Waals surface area contributed by atoms with E-state index in [1.54, 1.807) is 61.7 Å². The predicted molar refractivity (Wildman–Crippen MR) is 120 cm³/mol.